The van der Waals surface area contributed by atoms with Crippen molar-refractivity contribution in [2.45, 2.75) is 45.1 Å². The molecule has 1 saturated carbocycles. The molecule has 4 heteroatoms. The lowest BCUT2D eigenvalue weighted by atomic mass is 10.1. The molecule has 114 valence electrons. The average molecular weight is 288 g/mol. The van der Waals surface area contributed by atoms with Gasteiger partial charge in [-0.3, -0.25) is 9.59 Å². The van der Waals surface area contributed by atoms with E-state index in [1.807, 2.05) is 37.3 Å². The zero-order valence-corrected chi connectivity index (χ0v) is 12.6. The van der Waals surface area contributed by atoms with Crippen molar-refractivity contribution in [3.8, 4) is 0 Å². The molecule has 0 bridgehead atoms. The monoisotopic (exact) mass is 288 g/mol. The molecule has 2 amide bonds. The molecule has 21 heavy (non-hydrogen) atoms. The Kier molecular flexibility index (Phi) is 5.78. The number of carbonyl (C=O) groups excluding carboxylic acids is 2. The standard InChI is InChI=1S/C17H24N2O2/c1-13(14-7-3-2-4-8-14)19-16(20)11-12-18-17(21)15-9-5-6-10-15/h2-4,7-8,13,15H,5-6,9-12H2,1H3,(H,18,21)(H,19,20)/t13-/m0/s1. The molecule has 4 nitrogen and oxygen atoms in total. The first-order valence-corrected chi connectivity index (χ1v) is 7.79. The molecule has 2 rings (SSSR count). The van der Waals surface area contributed by atoms with Crippen molar-refractivity contribution < 1.29 is 9.59 Å². The van der Waals surface area contributed by atoms with Crippen LogP contribution in [-0.2, 0) is 9.59 Å². The number of carbonyl (C=O) groups is 2. The zero-order valence-electron chi connectivity index (χ0n) is 12.6. The molecule has 1 aromatic rings. The Morgan fingerprint density at radius 1 is 1.19 bits per heavy atom. The van der Waals surface area contributed by atoms with Gasteiger partial charge in [0.2, 0.25) is 11.8 Å². The highest BCUT2D eigenvalue weighted by molar-refractivity contribution is 5.80. The molecule has 0 unspecified atom stereocenters. The number of hydrogen-bond acceptors (Lipinski definition) is 2. The molecule has 1 aliphatic carbocycles. The van der Waals surface area contributed by atoms with Crippen LogP contribution in [0.1, 0.15) is 50.6 Å². The van der Waals surface area contributed by atoms with Gasteiger partial charge in [-0.2, -0.15) is 0 Å². The Balaban J connectivity index is 1.66. The fourth-order valence-corrected chi connectivity index (χ4v) is 2.77. The Morgan fingerprint density at radius 2 is 1.86 bits per heavy atom. The van der Waals surface area contributed by atoms with Crippen molar-refractivity contribution in [2.75, 3.05) is 6.54 Å². The van der Waals surface area contributed by atoms with E-state index >= 15 is 0 Å². The van der Waals surface area contributed by atoms with Gasteiger partial charge in [0.15, 0.2) is 0 Å². The predicted molar refractivity (Wildman–Crippen MR) is 82.6 cm³/mol. The second-order valence-electron chi connectivity index (χ2n) is 5.72. The van der Waals surface area contributed by atoms with E-state index < -0.39 is 0 Å². The molecular weight excluding hydrogens is 264 g/mol. The summed E-state index contributed by atoms with van der Waals surface area (Å²) in [5.41, 5.74) is 1.08. The van der Waals surface area contributed by atoms with Gasteiger partial charge in [0.1, 0.15) is 0 Å². The van der Waals surface area contributed by atoms with E-state index in [9.17, 15) is 9.59 Å². The molecule has 0 aliphatic heterocycles. The first-order chi connectivity index (χ1) is 10.2. The van der Waals surface area contributed by atoms with Gasteiger partial charge in [-0.1, -0.05) is 43.2 Å². The van der Waals surface area contributed by atoms with Crippen molar-refractivity contribution in [1.29, 1.82) is 0 Å². The van der Waals surface area contributed by atoms with Crippen LogP contribution in [0, 0.1) is 5.92 Å². The van der Waals surface area contributed by atoms with E-state index in [-0.39, 0.29) is 23.8 Å². The summed E-state index contributed by atoms with van der Waals surface area (Å²) in [5.74, 6) is 0.241. The van der Waals surface area contributed by atoms with E-state index in [0.29, 0.717) is 13.0 Å². The van der Waals surface area contributed by atoms with Crippen molar-refractivity contribution in [1.82, 2.24) is 10.6 Å². The maximum absolute atomic E-state index is 11.9. The molecule has 1 atom stereocenters. The van der Waals surface area contributed by atoms with E-state index in [1.54, 1.807) is 0 Å². The van der Waals surface area contributed by atoms with E-state index in [0.717, 1.165) is 31.2 Å². The largest absolute Gasteiger partial charge is 0.355 e. The Bertz CT molecular complexity index is 467. The summed E-state index contributed by atoms with van der Waals surface area (Å²) >= 11 is 0. The molecule has 0 radical (unpaired) electrons. The van der Waals surface area contributed by atoms with Gasteiger partial charge < -0.3 is 10.6 Å². The van der Waals surface area contributed by atoms with Crippen molar-refractivity contribution in [3.63, 3.8) is 0 Å². The second-order valence-corrected chi connectivity index (χ2v) is 5.72. The first kappa shape index (κ1) is 15.5. The fraction of sp³-hybridized carbons (Fsp3) is 0.529. The van der Waals surface area contributed by atoms with Gasteiger partial charge in [-0.05, 0) is 25.3 Å². The molecule has 1 fully saturated rings. The second kappa shape index (κ2) is 7.81. The van der Waals surface area contributed by atoms with Crippen molar-refractivity contribution in [2.24, 2.45) is 5.92 Å². The lowest BCUT2D eigenvalue weighted by Gasteiger charge is -2.15. The van der Waals surface area contributed by atoms with Crippen LogP contribution in [0.5, 0.6) is 0 Å². The Hall–Kier alpha value is -1.84. The van der Waals surface area contributed by atoms with Crippen LogP contribution in [0.4, 0.5) is 0 Å². The Morgan fingerprint density at radius 3 is 2.52 bits per heavy atom. The van der Waals surface area contributed by atoms with Crippen molar-refractivity contribution >= 4 is 11.8 Å². The van der Waals surface area contributed by atoms with E-state index in [1.165, 1.54) is 0 Å². The number of benzene rings is 1. The lowest BCUT2D eigenvalue weighted by molar-refractivity contribution is -0.125. The van der Waals surface area contributed by atoms with Crippen LogP contribution in [0.25, 0.3) is 0 Å². The van der Waals surface area contributed by atoms with Crippen LogP contribution >= 0.6 is 0 Å². The van der Waals surface area contributed by atoms with Gasteiger partial charge in [-0.15, -0.1) is 0 Å². The lowest BCUT2D eigenvalue weighted by Crippen LogP contribution is -2.34. The SMILES string of the molecule is C[C@H](NC(=O)CCNC(=O)C1CCCC1)c1ccccc1. The summed E-state index contributed by atoms with van der Waals surface area (Å²) in [5, 5.41) is 5.82. The smallest absolute Gasteiger partial charge is 0.223 e. The molecule has 2 N–H and O–H groups in total. The third-order valence-corrected chi connectivity index (χ3v) is 4.05. The van der Waals surface area contributed by atoms with Crippen LogP contribution in [-0.4, -0.2) is 18.4 Å². The first-order valence-electron chi connectivity index (χ1n) is 7.79. The highest BCUT2D eigenvalue weighted by Gasteiger charge is 2.22. The Labute approximate surface area is 126 Å². The maximum atomic E-state index is 11.9. The molecule has 1 aliphatic rings. The topological polar surface area (TPSA) is 58.2 Å². The normalized spacial score (nSPS) is 16.4. The van der Waals surface area contributed by atoms with Crippen LogP contribution in [0.3, 0.4) is 0 Å². The quantitative estimate of drug-likeness (QED) is 0.845. The summed E-state index contributed by atoms with van der Waals surface area (Å²) in [7, 11) is 0. The minimum absolute atomic E-state index is 0.00997. The number of nitrogens with one attached hydrogen (secondary N) is 2. The average Bonchev–Trinajstić information content (AvgIpc) is 3.02. The number of rotatable bonds is 6. The number of hydrogen-bond donors (Lipinski definition) is 2. The van der Waals surface area contributed by atoms with E-state index in [4.69, 9.17) is 0 Å². The molecule has 0 heterocycles. The minimum Gasteiger partial charge on any atom is -0.355 e. The highest BCUT2D eigenvalue weighted by atomic mass is 16.2. The van der Waals surface area contributed by atoms with Gasteiger partial charge in [0, 0.05) is 18.9 Å². The molecule has 0 saturated heterocycles. The number of amides is 2. The molecular formula is C17H24N2O2. The summed E-state index contributed by atoms with van der Waals surface area (Å²) in [6.45, 7) is 2.38. The summed E-state index contributed by atoms with van der Waals surface area (Å²) in [4.78, 5) is 23.7. The third-order valence-electron chi connectivity index (χ3n) is 4.05. The molecule has 1 aromatic carbocycles. The minimum atomic E-state index is -0.0296. The third kappa shape index (κ3) is 4.88. The molecule has 0 aromatic heterocycles. The van der Waals surface area contributed by atoms with E-state index in [2.05, 4.69) is 10.6 Å². The van der Waals surface area contributed by atoms with Crippen LogP contribution < -0.4 is 10.6 Å². The maximum Gasteiger partial charge on any atom is 0.223 e. The van der Waals surface area contributed by atoms with Gasteiger partial charge in [0.05, 0.1) is 6.04 Å². The summed E-state index contributed by atoms with van der Waals surface area (Å²) in [6, 6.07) is 9.85. The van der Waals surface area contributed by atoms with Crippen LogP contribution in [0.15, 0.2) is 30.3 Å². The van der Waals surface area contributed by atoms with Gasteiger partial charge >= 0.3 is 0 Å². The summed E-state index contributed by atoms with van der Waals surface area (Å²) in [6.07, 6.45) is 4.60. The molecule has 0 spiro atoms. The zero-order chi connectivity index (χ0) is 15.1. The summed E-state index contributed by atoms with van der Waals surface area (Å²) < 4.78 is 0. The highest BCUT2D eigenvalue weighted by Crippen LogP contribution is 2.24. The predicted octanol–water partition coefficient (Wildman–Crippen LogP) is 2.56. The van der Waals surface area contributed by atoms with Crippen LogP contribution in [0.2, 0.25) is 0 Å². The fourth-order valence-electron chi connectivity index (χ4n) is 2.77. The van der Waals surface area contributed by atoms with Crippen molar-refractivity contribution in [3.05, 3.63) is 35.9 Å². The van der Waals surface area contributed by atoms with Gasteiger partial charge in [0.25, 0.3) is 0 Å². The van der Waals surface area contributed by atoms with Gasteiger partial charge in [-0.25, -0.2) is 0 Å².